The van der Waals surface area contributed by atoms with E-state index in [-0.39, 0.29) is 5.91 Å². The van der Waals surface area contributed by atoms with Crippen LogP contribution in [0.5, 0.6) is 0 Å². The molecule has 1 aliphatic carbocycles. The zero-order valence-electron chi connectivity index (χ0n) is 14.0. The van der Waals surface area contributed by atoms with E-state index in [0.717, 1.165) is 11.3 Å². The van der Waals surface area contributed by atoms with Crippen LogP contribution in [-0.2, 0) is 11.3 Å². The number of hydrogen-bond acceptors (Lipinski definition) is 3. The molecular formula is C20H25N3O. The van der Waals surface area contributed by atoms with Gasteiger partial charge in [-0.3, -0.25) is 9.78 Å². The summed E-state index contributed by atoms with van der Waals surface area (Å²) in [6, 6.07) is 12.2. The van der Waals surface area contributed by atoms with E-state index < -0.39 is 0 Å². The van der Waals surface area contributed by atoms with E-state index in [0.29, 0.717) is 19.0 Å². The SMILES string of the molecule is O=C(CNCc1cccnc1)Nc1ccc(C2CCCCC2)cc1. The monoisotopic (exact) mass is 323 g/mol. The highest BCUT2D eigenvalue weighted by molar-refractivity contribution is 5.92. The van der Waals surface area contributed by atoms with Crippen LogP contribution in [0, 0.1) is 0 Å². The van der Waals surface area contributed by atoms with E-state index in [1.165, 1.54) is 37.7 Å². The van der Waals surface area contributed by atoms with E-state index in [9.17, 15) is 4.79 Å². The van der Waals surface area contributed by atoms with Crippen molar-refractivity contribution < 1.29 is 4.79 Å². The van der Waals surface area contributed by atoms with Gasteiger partial charge in [0.25, 0.3) is 0 Å². The van der Waals surface area contributed by atoms with E-state index in [1.54, 1.807) is 12.4 Å². The standard InChI is InChI=1S/C20H25N3O/c24-20(15-22-14-16-5-4-12-21-13-16)23-19-10-8-18(9-11-19)17-6-2-1-3-7-17/h4-5,8-13,17,22H,1-3,6-7,14-15H2,(H,23,24). The number of rotatable bonds is 6. The highest BCUT2D eigenvalue weighted by Crippen LogP contribution is 2.32. The van der Waals surface area contributed by atoms with Crippen molar-refractivity contribution in [1.82, 2.24) is 10.3 Å². The molecular weight excluding hydrogens is 298 g/mol. The molecule has 1 aromatic carbocycles. The Kier molecular flexibility index (Phi) is 5.96. The third-order valence-electron chi connectivity index (χ3n) is 4.61. The Balaban J connectivity index is 1.44. The first kappa shape index (κ1) is 16.7. The van der Waals surface area contributed by atoms with Crippen LogP contribution >= 0.6 is 0 Å². The maximum absolute atomic E-state index is 12.0. The average molecular weight is 323 g/mol. The molecule has 24 heavy (non-hydrogen) atoms. The second kappa shape index (κ2) is 8.60. The predicted molar refractivity (Wildman–Crippen MR) is 96.8 cm³/mol. The number of anilines is 1. The second-order valence-electron chi connectivity index (χ2n) is 6.47. The van der Waals surface area contributed by atoms with Crippen molar-refractivity contribution in [2.75, 3.05) is 11.9 Å². The first-order chi connectivity index (χ1) is 11.8. The molecule has 0 unspecified atom stereocenters. The Morgan fingerprint density at radius 3 is 2.58 bits per heavy atom. The van der Waals surface area contributed by atoms with Crippen molar-refractivity contribution in [2.24, 2.45) is 0 Å². The smallest absolute Gasteiger partial charge is 0.238 e. The lowest BCUT2D eigenvalue weighted by Crippen LogP contribution is -2.27. The fraction of sp³-hybridized carbons (Fsp3) is 0.400. The van der Waals surface area contributed by atoms with Crippen LogP contribution in [-0.4, -0.2) is 17.4 Å². The number of pyridine rings is 1. The zero-order valence-corrected chi connectivity index (χ0v) is 14.0. The Morgan fingerprint density at radius 2 is 1.88 bits per heavy atom. The Bertz CT molecular complexity index is 634. The molecule has 0 bridgehead atoms. The fourth-order valence-electron chi connectivity index (χ4n) is 3.30. The number of hydrogen-bond donors (Lipinski definition) is 2. The molecule has 126 valence electrons. The van der Waals surface area contributed by atoms with Crippen molar-refractivity contribution in [3.05, 3.63) is 59.9 Å². The summed E-state index contributed by atoms with van der Waals surface area (Å²) in [6.07, 6.45) is 10.2. The van der Waals surface area contributed by atoms with Gasteiger partial charge in [-0.2, -0.15) is 0 Å². The first-order valence-corrected chi connectivity index (χ1v) is 8.81. The number of aromatic nitrogens is 1. The number of amides is 1. The minimum absolute atomic E-state index is 0.0238. The highest BCUT2D eigenvalue weighted by Gasteiger charge is 2.15. The zero-order chi connectivity index (χ0) is 16.6. The number of nitrogens with one attached hydrogen (secondary N) is 2. The van der Waals surface area contributed by atoms with Gasteiger partial charge in [0, 0.05) is 24.6 Å². The van der Waals surface area contributed by atoms with Crippen molar-refractivity contribution >= 4 is 11.6 Å². The van der Waals surface area contributed by atoms with Gasteiger partial charge in [-0.25, -0.2) is 0 Å². The maximum Gasteiger partial charge on any atom is 0.238 e. The number of carbonyl (C=O) groups is 1. The molecule has 1 fully saturated rings. The van der Waals surface area contributed by atoms with Crippen molar-refractivity contribution in [2.45, 2.75) is 44.6 Å². The van der Waals surface area contributed by atoms with Gasteiger partial charge >= 0.3 is 0 Å². The van der Waals surface area contributed by atoms with Gasteiger partial charge in [0.1, 0.15) is 0 Å². The number of carbonyl (C=O) groups excluding carboxylic acids is 1. The van der Waals surface area contributed by atoms with Gasteiger partial charge in [-0.1, -0.05) is 37.5 Å². The molecule has 1 aliphatic rings. The van der Waals surface area contributed by atoms with E-state index >= 15 is 0 Å². The number of benzene rings is 1. The quantitative estimate of drug-likeness (QED) is 0.849. The minimum atomic E-state index is -0.0238. The third kappa shape index (κ3) is 4.90. The normalized spacial score (nSPS) is 15.2. The molecule has 3 rings (SSSR count). The molecule has 4 nitrogen and oxygen atoms in total. The molecule has 1 heterocycles. The maximum atomic E-state index is 12.0. The molecule has 1 aromatic heterocycles. The summed E-state index contributed by atoms with van der Waals surface area (Å²) >= 11 is 0. The molecule has 0 spiro atoms. The second-order valence-corrected chi connectivity index (χ2v) is 6.47. The number of nitrogens with zero attached hydrogens (tertiary/aromatic N) is 1. The summed E-state index contributed by atoms with van der Waals surface area (Å²) in [6.45, 7) is 0.932. The summed E-state index contributed by atoms with van der Waals surface area (Å²) < 4.78 is 0. The third-order valence-corrected chi connectivity index (χ3v) is 4.61. The molecule has 0 aliphatic heterocycles. The van der Waals surface area contributed by atoms with Gasteiger partial charge in [0.05, 0.1) is 6.54 Å². The Labute approximate surface area is 143 Å². The predicted octanol–water partition coefficient (Wildman–Crippen LogP) is 3.86. The topological polar surface area (TPSA) is 54.0 Å². The molecule has 0 radical (unpaired) electrons. The van der Waals surface area contributed by atoms with Gasteiger partial charge in [0.15, 0.2) is 0 Å². The molecule has 0 atom stereocenters. The van der Waals surface area contributed by atoms with Gasteiger partial charge in [-0.05, 0) is 48.1 Å². The molecule has 1 amide bonds. The molecule has 1 saturated carbocycles. The summed E-state index contributed by atoms with van der Waals surface area (Å²) in [4.78, 5) is 16.1. The van der Waals surface area contributed by atoms with Crippen LogP contribution in [0.3, 0.4) is 0 Å². The Hall–Kier alpha value is -2.20. The lowest BCUT2D eigenvalue weighted by atomic mass is 9.84. The van der Waals surface area contributed by atoms with Crippen LogP contribution in [0.2, 0.25) is 0 Å². The highest BCUT2D eigenvalue weighted by atomic mass is 16.1. The lowest BCUT2D eigenvalue weighted by Gasteiger charge is -2.22. The van der Waals surface area contributed by atoms with Crippen LogP contribution in [0.25, 0.3) is 0 Å². The van der Waals surface area contributed by atoms with E-state index in [4.69, 9.17) is 0 Å². The molecule has 4 heteroatoms. The Morgan fingerprint density at radius 1 is 1.08 bits per heavy atom. The van der Waals surface area contributed by atoms with Crippen molar-refractivity contribution in [1.29, 1.82) is 0 Å². The first-order valence-electron chi connectivity index (χ1n) is 8.81. The van der Waals surface area contributed by atoms with Crippen LogP contribution in [0.1, 0.15) is 49.1 Å². The minimum Gasteiger partial charge on any atom is -0.325 e. The summed E-state index contributed by atoms with van der Waals surface area (Å²) in [5.41, 5.74) is 3.34. The molecule has 0 saturated heterocycles. The van der Waals surface area contributed by atoms with Crippen LogP contribution in [0.4, 0.5) is 5.69 Å². The molecule has 2 N–H and O–H groups in total. The summed E-state index contributed by atoms with van der Waals surface area (Å²) in [7, 11) is 0. The van der Waals surface area contributed by atoms with Crippen molar-refractivity contribution in [3.63, 3.8) is 0 Å². The van der Waals surface area contributed by atoms with Crippen LogP contribution < -0.4 is 10.6 Å². The summed E-state index contributed by atoms with van der Waals surface area (Å²) in [5, 5.41) is 6.07. The van der Waals surface area contributed by atoms with Gasteiger partial charge in [0.2, 0.25) is 5.91 Å². The molecule has 2 aromatic rings. The average Bonchev–Trinajstić information content (AvgIpc) is 2.64. The van der Waals surface area contributed by atoms with Gasteiger partial charge < -0.3 is 10.6 Å². The van der Waals surface area contributed by atoms with E-state index in [2.05, 4.69) is 27.8 Å². The fourth-order valence-corrected chi connectivity index (χ4v) is 3.30. The van der Waals surface area contributed by atoms with Crippen molar-refractivity contribution in [3.8, 4) is 0 Å². The lowest BCUT2D eigenvalue weighted by molar-refractivity contribution is -0.115. The van der Waals surface area contributed by atoms with E-state index in [1.807, 2.05) is 24.3 Å². The largest absolute Gasteiger partial charge is 0.325 e. The van der Waals surface area contributed by atoms with Gasteiger partial charge in [-0.15, -0.1) is 0 Å². The summed E-state index contributed by atoms with van der Waals surface area (Å²) in [5.74, 6) is 0.675. The van der Waals surface area contributed by atoms with Crippen LogP contribution in [0.15, 0.2) is 48.8 Å².